The lowest BCUT2D eigenvalue weighted by molar-refractivity contribution is 1.28. The molecule has 0 N–H and O–H groups in total. The molecule has 0 radical (unpaired) electrons. The van der Waals surface area contributed by atoms with E-state index in [2.05, 4.69) is 12.1 Å². The molecule has 0 aliphatic rings. The summed E-state index contributed by atoms with van der Waals surface area (Å²) in [5.41, 5.74) is 3.71. The molecule has 0 fully saturated rings. The molecule has 0 atom stereocenters. The van der Waals surface area contributed by atoms with Gasteiger partial charge in [-0.15, -0.1) is 0 Å². The van der Waals surface area contributed by atoms with Crippen LogP contribution >= 0.6 is 0 Å². The van der Waals surface area contributed by atoms with Gasteiger partial charge in [0.15, 0.2) is 0 Å². The second-order valence-corrected chi connectivity index (χ2v) is 13.4. The Morgan fingerprint density at radius 3 is 1.67 bits per heavy atom. The highest BCUT2D eigenvalue weighted by Crippen LogP contribution is 2.45. The molecule has 10 aromatic carbocycles. The van der Waals surface area contributed by atoms with E-state index in [0.717, 1.165) is 33.0 Å². The minimum atomic E-state index is -0.740. The highest BCUT2D eigenvalue weighted by Gasteiger charge is 2.20. The van der Waals surface area contributed by atoms with Crippen LogP contribution in [0.25, 0.3) is 77.2 Å². The van der Waals surface area contributed by atoms with Gasteiger partial charge in [0.2, 0.25) is 0 Å². The summed E-state index contributed by atoms with van der Waals surface area (Å²) in [6, 6.07) is 38.3. The molecule has 0 aromatic heterocycles. The second-order valence-electron chi connectivity index (χ2n) is 13.4. The van der Waals surface area contributed by atoms with E-state index in [0.29, 0.717) is 11.1 Å². The van der Waals surface area contributed by atoms with Crippen LogP contribution in [0.2, 0.25) is 0 Å². The SMILES string of the molecule is [2H]c1c([2H])c(N(c2ccc(-c3c(-c4ccccc4)ccc4ccccc34)cc2)c2c([2H])c([2H])c(-c3c([2H])c([2H])c([2H])c4c([2H])c([2H])c([2H])c([2H])c34)c([2H])c2[2H])c(-c2ccccc2)c([2H])c1-c1ccccc1. The van der Waals surface area contributed by atoms with Gasteiger partial charge in [-0.1, -0.05) is 200 Å². The third-order valence-electron chi connectivity index (χ3n) is 9.97. The molecule has 10 rings (SSSR count). The van der Waals surface area contributed by atoms with Gasteiger partial charge in [0.25, 0.3) is 0 Å². The molecule has 0 unspecified atom stereocenters. The highest BCUT2D eigenvalue weighted by molar-refractivity contribution is 6.04. The van der Waals surface area contributed by atoms with Gasteiger partial charge in [0, 0.05) is 16.9 Å². The lowest BCUT2D eigenvalue weighted by Gasteiger charge is -2.29. The Labute approximate surface area is 354 Å². The molecule has 0 bridgehead atoms. The van der Waals surface area contributed by atoms with Crippen LogP contribution in [0.5, 0.6) is 0 Å². The van der Waals surface area contributed by atoms with E-state index in [1.54, 1.807) is 72.8 Å². The lowest BCUT2D eigenvalue weighted by atomic mass is 9.89. The van der Waals surface area contributed by atoms with Crippen LogP contribution in [-0.4, -0.2) is 0 Å². The largest absolute Gasteiger partial charge is 0.310 e. The van der Waals surface area contributed by atoms with E-state index in [1.807, 2.05) is 66.7 Å². The summed E-state index contributed by atoms with van der Waals surface area (Å²) in [6.45, 7) is 0. The number of hydrogen-bond acceptors (Lipinski definition) is 1. The molecule has 0 amide bonds. The van der Waals surface area contributed by atoms with Crippen LogP contribution in [0.3, 0.4) is 0 Å². The molecule has 57 heavy (non-hydrogen) atoms. The van der Waals surface area contributed by atoms with Gasteiger partial charge >= 0.3 is 0 Å². The summed E-state index contributed by atoms with van der Waals surface area (Å²) in [5.74, 6) is 0. The molecule has 0 heterocycles. The molecule has 0 saturated carbocycles. The molecule has 0 spiro atoms. The quantitative estimate of drug-likeness (QED) is 0.150. The van der Waals surface area contributed by atoms with Crippen LogP contribution in [0.4, 0.5) is 17.1 Å². The van der Waals surface area contributed by atoms with Crippen LogP contribution in [0.15, 0.2) is 236 Å². The first-order valence-electron chi connectivity index (χ1n) is 25.5. The van der Waals surface area contributed by atoms with Gasteiger partial charge in [-0.25, -0.2) is 0 Å². The van der Waals surface area contributed by atoms with Crippen molar-refractivity contribution < 1.29 is 19.2 Å². The molecule has 0 aliphatic carbocycles. The van der Waals surface area contributed by atoms with Crippen molar-refractivity contribution in [3.8, 4) is 55.6 Å². The van der Waals surface area contributed by atoms with Crippen LogP contribution in [0.1, 0.15) is 19.2 Å². The predicted molar refractivity (Wildman–Crippen MR) is 243 cm³/mol. The fourth-order valence-corrected chi connectivity index (χ4v) is 7.26. The Morgan fingerprint density at radius 1 is 0.316 bits per heavy atom. The van der Waals surface area contributed by atoms with E-state index in [9.17, 15) is 9.60 Å². The summed E-state index contributed by atoms with van der Waals surface area (Å²) in [5, 5.41) is 1.16. The average Bonchev–Trinajstić information content (AvgIpc) is 3.39. The smallest absolute Gasteiger partial charge is 0.0645 e. The third-order valence-corrected chi connectivity index (χ3v) is 9.97. The Hall–Kier alpha value is -7.48. The lowest BCUT2D eigenvalue weighted by Crippen LogP contribution is -2.11. The molecule has 268 valence electrons. The van der Waals surface area contributed by atoms with Crippen LogP contribution in [0, 0.1) is 0 Å². The first-order chi connectivity index (χ1) is 34.1. The zero-order valence-electron chi connectivity index (χ0n) is 44.4. The van der Waals surface area contributed by atoms with Crippen molar-refractivity contribution in [2.24, 2.45) is 0 Å². The topological polar surface area (TPSA) is 3.24 Å². The number of fused-ring (bicyclic) bond motifs is 2. The minimum absolute atomic E-state index is 0.0879. The number of anilines is 3. The second kappa shape index (κ2) is 15.0. The van der Waals surface area contributed by atoms with Crippen LogP contribution < -0.4 is 4.90 Å². The summed E-state index contributed by atoms with van der Waals surface area (Å²) in [7, 11) is 0. The maximum Gasteiger partial charge on any atom is 0.0645 e. The maximum absolute atomic E-state index is 9.90. The summed E-state index contributed by atoms with van der Waals surface area (Å²) in [4.78, 5) is 1.36. The van der Waals surface area contributed by atoms with Gasteiger partial charge < -0.3 is 4.90 Å². The zero-order chi connectivity index (χ0) is 50.2. The highest BCUT2D eigenvalue weighted by atomic mass is 15.1. The molecule has 1 heteroatoms. The van der Waals surface area contributed by atoms with Crippen molar-refractivity contribution >= 4 is 38.6 Å². The fourth-order valence-electron chi connectivity index (χ4n) is 7.26. The van der Waals surface area contributed by atoms with E-state index in [1.165, 1.54) is 4.90 Å². The fraction of sp³-hybridized carbons (Fsp3) is 0. The van der Waals surface area contributed by atoms with Crippen molar-refractivity contribution in [2.75, 3.05) is 4.90 Å². The maximum atomic E-state index is 9.90. The summed E-state index contributed by atoms with van der Waals surface area (Å²) < 4.78 is 129. The number of benzene rings is 10. The van der Waals surface area contributed by atoms with Crippen molar-refractivity contribution in [3.63, 3.8) is 0 Å². The minimum Gasteiger partial charge on any atom is -0.310 e. The zero-order valence-corrected chi connectivity index (χ0v) is 30.4. The van der Waals surface area contributed by atoms with Gasteiger partial charge in [0.1, 0.15) is 0 Å². The average molecular weight is 740 g/mol. The first-order valence-corrected chi connectivity index (χ1v) is 18.5. The van der Waals surface area contributed by atoms with Crippen molar-refractivity contribution in [2.45, 2.75) is 0 Å². The molecule has 10 aromatic rings. The Kier molecular flexibility index (Phi) is 5.83. The van der Waals surface area contributed by atoms with Crippen molar-refractivity contribution in [1.82, 2.24) is 0 Å². The van der Waals surface area contributed by atoms with E-state index >= 15 is 0 Å². The summed E-state index contributed by atoms with van der Waals surface area (Å²) >= 11 is 0. The van der Waals surface area contributed by atoms with Gasteiger partial charge in [-0.2, -0.15) is 0 Å². The van der Waals surface area contributed by atoms with E-state index < -0.39 is 88.4 Å². The monoisotopic (exact) mass is 739 g/mol. The molecule has 1 nitrogen and oxygen atoms in total. The molecular weight excluding hydrogens is 687 g/mol. The normalized spacial score (nSPS) is 14.6. The Balaban J connectivity index is 1.31. The number of hydrogen-bond donors (Lipinski definition) is 0. The first kappa shape index (κ1) is 22.2. The van der Waals surface area contributed by atoms with Crippen LogP contribution in [-0.2, 0) is 0 Å². The third kappa shape index (κ3) is 6.56. The molecule has 0 saturated heterocycles. The van der Waals surface area contributed by atoms with Crippen molar-refractivity contribution in [1.29, 1.82) is 0 Å². The summed E-state index contributed by atoms with van der Waals surface area (Å²) in [6.07, 6.45) is 0. The van der Waals surface area contributed by atoms with Crippen molar-refractivity contribution in [3.05, 3.63) is 236 Å². The predicted octanol–water partition coefficient (Wildman–Crippen LogP) is 15.8. The molecular formula is C56H39N. The number of nitrogens with zero attached hydrogens (tertiary/aromatic N) is 1. The molecule has 0 aliphatic heterocycles. The van der Waals surface area contributed by atoms with Gasteiger partial charge in [-0.05, 0) is 108 Å². The van der Waals surface area contributed by atoms with E-state index in [-0.39, 0.29) is 46.3 Å². The van der Waals surface area contributed by atoms with Gasteiger partial charge in [-0.3, -0.25) is 0 Å². The van der Waals surface area contributed by atoms with E-state index in [4.69, 9.17) is 9.60 Å². The Morgan fingerprint density at radius 2 is 0.930 bits per heavy atom. The Bertz CT molecular complexity index is 3750. The number of rotatable bonds is 8. The standard InChI is InChI=1S/C56H39N/c1-4-15-40(16-5-1)47-32-38-55(54(39-47)43-19-8-3-9-20-43)57(48-33-27-45(28-34-48)51-26-14-23-41-21-10-12-24-50(41)51)49-35-29-46(30-36-49)56-52-25-13-11-22-44(52)31-37-53(56)42-17-6-2-7-18-42/h1-39H/i10D,12D,14D,21D,23D,24D,26D,27D,28D,32D,33D,34D,38D,39D. The van der Waals surface area contributed by atoms with Gasteiger partial charge in [0.05, 0.1) is 24.9 Å².